The molecule has 0 atom stereocenters. The summed E-state index contributed by atoms with van der Waals surface area (Å²) < 4.78 is 0. The zero-order valence-electron chi connectivity index (χ0n) is 11.3. The Morgan fingerprint density at radius 1 is 1.43 bits per heavy atom. The van der Waals surface area contributed by atoms with E-state index in [4.69, 9.17) is 0 Å². The van der Waals surface area contributed by atoms with Crippen molar-refractivity contribution in [3.63, 3.8) is 0 Å². The molecule has 0 spiro atoms. The maximum absolute atomic E-state index is 11.7. The van der Waals surface area contributed by atoms with Crippen molar-refractivity contribution in [2.75, 3.05) is 13.1 Å². The molecule has 1 aliphatic heterocycles. The van der Waals surface area contributed by atoms with Crippen LogP contribution in [0.4, 0.5) is 0 Å². The van der Waals surface area contributed by atoms with E-state index in [-0.39, 0.29) is 5.91 Å². The lowest BCUT2D eigenvalue weighted by Crippen LogP contribution is -2.27. The zero-order valence-corrected chi connectivity index (χ0v) is 11.3. The fourth-order valence-electron chi connectivity index (χ4n) is 2.05. The summed E-state index contributed by atoms with van der Waals surface area (Å²) in [5.41, 5.74) is 8.31. The normalized spacial score (nSPS) is 14.2. The fourth-order valence-corrected chi connectivity index (χ4v) is 2.05. The Bertz CT molecular complexity index is 723. The van der Waals surface area contributed by atoms with Crippen LogP contribution in [0.3, 0.4) is 0 Å². The summed E-state index contributed by atoms with van der Waals surface area (Å²) in [6.45, 7) is 1.03. The van der Waals surface area contributed by atoms with Crippen LogP contribution >= 0.6 is 0 Å². The molecular weight excluding hydrogens is 266 g/mol. The van der Waals surface area contributed by atoms with Crippen LogP contribution in [0.2, 0.25) is 0 Å². The lowest BCUT2D eigenvalue weighted by molar-refractivity contribution is -0.117. The van der Waals surface area contributed by atoms with Gasteiger partial charge < -0.3 is 10.7 Å². The molecule has 0 saturated carbocycles. The number of benzene rings is 1. The van der Waals surface area contributed by atoms with Gasteiger partial charge in [0.25, 0.3) is 0 Å². The molecule has 0 bridgehead atoms. The van der Waals surface area contributed by atoms with Crippen molar-refractivity contribution in [3.8, 4) is 0 Å². The Labute approximate surface area is 122 Å². The second-order valence-corrected chi connectivity index (χ2v) is 4.62. The third-order valence-corrected chi connectivity index (χ3v) is 3.14. The van der Waals surface area contributed by atoms with Gasteiger partial charge in [-0.05, 0) is 17.7 Å². The molecule has 0 aliphatic carbocycles. The van der Waals surface area contributed by atoms with Crippen molar-refractivity contribution in [1.82, 2.24) is 26.1 Å². The summed E-state index contributed by atoms with van der Waals surface area (Å²) in [6.07, 6.45) is 8.87. The number of nitrogens with one attached hydrogen (secondary N) is 3. The summed E-state index contributed by atoms with van der Waals surface area (Å²) in [4.78, 5) is 19.9. The predicted octanol–water partition coefficient (Wildman–Crippen LogP) is 0.751. The number of hydrazine groups is 1. The van der Waals surface area contributed by atoms with Crippen LogP contribution in [-0.2, 0) is 4.79 Å². The van der Waals surface area contributed by atoms with Crippen molar-refractivity contribution in [2.24, 2.45) is 0 Å². The number of fused-ring (bicyclic) bond motifs is 1. The van der Waals surface area contributed by atoms with Crippen molar-refractivity contribution >= 4 is 22.9 Å². The second kappa shape index (κ2) is 6.15. The lowest BCUT2D eigenvalue weighted by atomic mass is 10.1. The molecule has 0 saturated heterocycles. The first-order valence-corrected chi connectivity index (χ1v) is 6.65. The van der Waals surface area contributed by atoms with Crippen LogP contribution in [0.1, 0.15) is 5.56 Å². The number of carbonyl (C=O) groups excluding carboxylic acids is 1. The highest BCUT2D eigenvalue weighted by Crippen LogP contribution is 2.13. The van der Waals surface area contributed by atoms with Gasteiger partial charge in [0, 0.05) is 36.4 Å². The summed E-state index contributed by atoms with van der Waals surface area (Å²) >= 11 is 0. The minimum absolute atomic E-state index is 0.0657. The van der Waals surface area contributed by atoms with Crippen LogP contribution in [-0.4, -0.2) is 29.0 Å². The number of hydrogen-bond acceptors (Lipinski definition) is 5. The van der Waals surface area contributed by atoms with E-state index in [0.717, 1.165) is 16.5 Å². The van der Waals surface area contributed by atoms with E-state index in [0.29, 0.717) is 18.7 Å². The smallest absolute Gasteiger partial charge is 0.250 e. The first-order valence-electron chi connectivity index (χ1n) is 6.65. The molecule has 3 N–H and O–H groups in total. The van der Waals surface area contributed by atoms with E-state index >= 15 is 0 Å². The SMILES string of the molecule is O=C(NC/C=C/c1ccc2ncncc2c1)C1=CNNC1. The van der Waals surface area contributed by atoms with Crippen molar-refractivity contribution < 1.29 is 4.79 Å². The van der Waals surface area contributed by atoms with Gasteiger partial charge >= 0.3 is 0 Å². The van der Waals surface area contributed by atoms with Crippen molar-refractivity contribution in [1.29, 1.82) is 0 Å². The van der Waals surface area contributed by atoms with Crippen LogP contribution in [0.25, 0.3) is 17.0 Å². The first-order chi connectivity index (χ1) is 10.3. The Balaban J connectivity index is 1.58. The molecule has 2 heterocycles. The number of aromatic nitrogens is 2. The highest BCUT2D eigenvalue weighted by atomic mass is 16.1. The van der Waals surface area contributed by atoms with Gasteiger partial charge in [-0.15, -0.1) is 0 Å². The Morgan fingerprint density at radius 2 is 2.38 bits per heavy atom. The molecule has 2 aromatic rings. The van der Waals surface area contributed by atoms with E-state index < -0.39 is 0 Å². The third kappa shape index (κ3) is 3.24. The average molecular weight is 281 g/mol. The molecule has 0 fully saturated rings. The van der Waals surface area contributed by atoms with E-state index in [9.17, 15) is 4.79 Å². The molecule has 6 heteroatoms. The monoisotopic (exact) mass is 281 g/mol. The maximum atomic E-state index is 11.7. The number of hydrogen-bond donors (Lipinski definition) is 3. The van der Waals surface area contributed by atoms with Crippen molar-refractivity contribution in [3.05, 3.63) is 54.1 Å². The molecule has 0 radical (unpaired) electrons. The molecule has 21 heavy (non-hydrogen) atoms. The van der Waals surface area contributed by atoms with Gasteiger partial charge in [0.2, 0.25) is 5.91 Å². The van der Waals surface area contributed by atoms with E-state index in [2.05, 4.69) is 26.1 Å². The summed E-state index contributed by atoms with van der Waals surface area (Å²) in [6, 6.07) is 5.96. The number of nitrogens with zero attached hydrogens (tertiary/aromatic N) is 2. The molecule has 3 rings (SSSR count). The van der Waals surface area contributed by atoms with E-state index in [1.807, 2.05) is 30.4 Å². The van der Waals surface area contributed by atoms with Crippen molar-refractivity contribution in [2.45, 2.75) is 0 Å². The lowest BCUT2D eigenvalue weighted by Gasteiger charge is -2.01. The van der Waals surface area contributed by atoms with Crippen LogP contribution < -0.4 is 16.2 Å². The van der Waals surface area contributed by atoms with Gasteiger partial charge in [0.1, 0.15) is 6.33 Å². The third-order valence-electron chi connectivity index (χ3n) is 3.14. The van der Waals surface area contributed by atoms with Gasteiger partial charge in [0.05, 0.1) is 5.52 Å². The minimum Gasteiger partial charge on any atom is -0.349 e. The molecular formula is C15H15N5O. The number of amides is 1. The average Bonchev–Trinajstić information content (AvgIpc) is 3.06. The quantitative estimate of drug-likeness (QED) is 0.771. The molecule has 6 nitrogen and oxygen atoms in total. The summed E-state index contributed by atoms with van der Waals surface area (Å²) in [7, 11) is 0. The molecule has 1 aromatic heterocycles. The van der Waals surface area contributed by atoms with Crippen LogP contribution in [0.5, 0.6) is 0 Å². The molecule has 1 amide bonds. The van der Waals surface area contributed by atoms with E-state index in [1.165, 1.54) is 6.33 Å². The number of carbonyl (C=O) groups is 1. The Kier molecular flexibility index (Phi) is 3.88. The largest absolute Gasteiger partial charge is 0.349 e. The molecule has 1 aromatic carbocycles. The molecule has 106 valence electrons. The molecule has 1 aliphatic rings. The maximum Gasteiger partial charge on any atom is 0.250 e. The minimum atomic E-state index is -0.0657. The number of rotatable bonds is 4. The standard InChI is InChI=1S/C15H15N5O/c21-15(13-8-19-20-9-13)17-5-1-2-11-3-4-14-12(6-11)7-16-10-18-14/h1-4,6-8,10,19-20H,5,9H2,(H,17,21)/b2-1+. The van der Waals surface area contributed by atoms with Gasteiger partial charge in [-0.1, -0.05) is 18.2 Å². The first kappa shape index (κ1) is 13.3. The zero-order chi connectivity index (χ0) is 14.5. The highest BCUT2D eigenvalue weighted by Gasteiger charge is 2.10. The summed E-state index contributed by atoms with van der Waals surface area (Å²) in [5.74, 6) is -0.0657. The second-order valence-electron chi connectivity index (χ2n) is 4.62. The summed E-state index contributed by atoms with van der Waals surface area (Å²) in [5, 5.41) is 3.83. The Morgan fingerprint density at radius 3 is 3.24 bits per heavy atom. The van der Waals surface area contributed by atoms with Gasteiger partial charge in [-0.3, -0.25) is 4.79 Å². The predicted molar refractivity (Wildman–Crippen MR) is 80.8 cm³/mol. The van der Waals surface area contributed by atoms with Crippen LogP contribution in [0, 0.1) is 0 Å². The van der Waals surface area contributed by atoms with Gasteiger partial charge in [-0.2, -0.15) is 0 Å². The van der Waals surface area contributed by atoms with Gasteiger partial charge in [0.15, 0.2) is 0 Å². The Hall–Kier alpha value is -2.73. The van der Waals surface area contributed by atoms with Gasteiger partial charge in [-0.25, -0.2) is 15.4 Å². The highest BCUT2D eigenvalue weighted by molar-refractivity contribution is 5.94. The van der Waals surface area contributed by atoms with Crippen LogP contribution in [0.15, 0.2) is 48.6 Å². The fraction of sp³-hybridized carbons (Fsp3) is 0.133. The molecule has 0 unspecified atom stereocenters. The van der Waals surface area contributed by atoms with E-state index in [1.54, 1.807) is 12.4 Å². The topological polar surface area (TPSA) is 78.9 Å².